The molecule has 2 aromatic heterocycles. The molecule has 0 aliphatic heterocycles. The molecule has 0 amide bonds. The van der Waals surface area contributed by atoms with Crippen molar-refractivity contribution in [2.24, 2.45) is 0 Å². The molecule has 0 aliphatic carbocycles. The molecule has 2 aromatic rings. The Morgan fingerprint density at radius 1 is 1.42 bits per heavy atom. The second-order valence-electron chi connectivity index (χ2n) is 4.12. The minimum absolute atomic E-state index is 0.407. The Hall–Kier alpha value is -2.31. The molecule has 2 heterocycles. The lowest BCUT2D eigenvalue weighted by Crippen LogP contribution is -2.11. The quantitative estimate of drug-likeness (QED) is 0.757. The maximum Gasteiger partial charge on any atom is 0.242 e. The Bertz CT molecular complexity index is 525. The van der Waals surface area contributed by atoms with Crippen molar-refractivity contribution < 1.29 is 4.74 Å². The van der Waals surface area contributed by atoms with Crippen molar-refractivity contribution in [3.8, 4) is 5.88 Å². The molecule has 2 rings (SSSR count). The second kappa shape index (κ2) is 6.03. The van der Waals surface area contributed by atoms with Crippen LogP contribution in [-0.2, 0) is 6.54 Å². The normalized spacial score (nSPS) is 10.4. The van der Waals surface area contributed by atoms with Gasteiger partial charge in [-0.3, -0.25) is 0 Å². The van der Waals surface area contributed by atoms with Gasteiger partial charge in [-0.2, -0.15) is 4.98 Å². The molecule has 0 unspecified atom stereocenters. The molecule has 0 saturated heterocycles. The van der Waals surface area contributed by atoms with Gasteiger partial charge in [0, 0.05) is 25.5 Å². The standard InChI is InChI=1S/C12H18N6O/c1-9-16-11(10(13)12(17-9)19-2)15-4-3-6-18-7-5-14-8-18/h5,7-8H,3-4,6,13H2,1-2H3,(H,15,16,17). The summed E-state index contributed by atoms with van der Waals surface area (Å²) in [7, 11) is 1.54. The number of nitrogens with one attached hydrogen (secondary N) is 1. The van der Waals surface area contributed by atoms with Gasteiger partial charge in [-0.15, -0.1) is 0 Å². The largest absolute Gasteiger partial charge is 0.479 e. The van der Waals surface area contributed by atoms with Gasteiger partial charge in [0.1, 0.15) is 11.5 Å². The van der Waals surface area contributed by atoms with E-state index in [1.807, 2.05) is 10.8 Å². The Morgan fingerprint density at radius 2 is 2.26 bits per heavy atom. The number of nitrogens with zero attached hydrogens (tertiary/aromatic N) is 4. The molecule has 19 heavy (non-hydrogen) atoms. The molecule has 0 fully saturated rings. The molecule has 7 heteroatoms. The highest BCUT2D eigenvalue weighted by molar-refractivity contribution is 5.66. The number of nitrogens with two attached hydrogens (primary N) is 1. The first kappa shape index (κ1) is 13.1. The predicted octanol–water partition coefficient (Wildman–Crippen LogP) is 1.07. The molecule has 3 N–H and O–H groups in total. The third-order valence-corrected chi connectivity index (χ3v) is 2.66. The summed E-state index contributed by atoms with van der Waals surface area (Å²) in [5.74, 6) is 1.66. The van der Waals surface area contributed by atoms with Crippen LogP contribution >= 0.6 is 0 Å². The van der Waals surface area contributed by atoms with E-state index in [4.69, 9.17) is 10.5 Å². The summed E-state index contributed by atoms with van der Waals surface area (Å²) >= 11 is 0. The first-order valence-corrected chi connectivity index (χ1v) is 6.08. The summed E-state index contributed by atoms with van der Waals surface area (Å²) in [5, 5.41) is 3.20. The number of rotatable bonds is 6. The van der Waals surface area contributed by atoms with Gasteiger partial charge in [-0.1, -0.05) is 0 Å². The van der Waals surface area contributed by atoms with E-state index < -0.39 is 0 Å². The molecule has 0 aromatic carbocycles. The average molecular weight is 262 g/mol. The van der Waals surface area contributed by atoms with Crippen molar-refractivity contribution in [3.05, 3.63) is 24.5 Å². The van der Waals surface area contributed by atoms with Crippen molar-refractivity contribution in [2.75, 3.05) is 24.7 Å². The van der Waals surface area contributed by atoms with Gasteiger partial charge in [0.05, 0.1) is 13.4 Å². The third kappa shape index (κ3) is 3.34. The zero-order valence-corrected chi connectivity index (χ0v) is 11.1. The second-order valence-corrected chi connectivity index (χ2v) is 4.12. The van der Waals surface area contributed by atoms with Gasteiger partial charge < -0.3 is 20.4 Å². The van der Waals surface area contributed by atoms with Gasteiger partial charge in [0.2, 0.25) is 5.88 Å². The van der Waals surface area contributed by atoms with Gasteiger partial charge in [0.15, 0.2) is 5.82 Å². The van der Waals surface area contributed by atoms with Gasteiger partial charge in [-0.05, 0) is 13.3 Å². The minimum atomic E-state index is 0.407. The average Bonchev–Trinajstić information content (AvgIpc) is 2.91. The number of aryl methyl sites for hydroxylation is 2. The number of hydrogen-bond donors (Lipinski definition) is 2. The number of anilines is 2. The lowest BCUT2D eigenvalue weighted by molar-refractivity contribution is 0.398. The fourth-order valence-electron chi connectivity index (χ4n) is 1.73. The number of hydrogen-bond acceptors (Lipinski definition) is 6. The van der Waals surface area contributed by atoms with E-state index in [9.17, 15) is 0 Å². The zero-order chi connectivity index (χ0) is 13.7. The minimum Gasteiger partial charge on any atom is -0.479 e. The molecule has 0 atom stereocenters. The molecular formula is C12H18N6O. The summed E-state index contributed by atoms with van der Waals surface area (Å²) in [4.78, 5) is 12.4. The van der Waals surface area contributed by atoms with Crippen molar-refractivity contribution in [1.29, 1.82) is 0 Å². The van der Waals surface area contributed by atoms with Crippen molar-refractivity contribution >= 4 is 11.5 Å². The van der Waals surface area contributed by atoms with Crippen molar-refractivity contribution in [1.82, 2.24) is 19.5 Å². The zero-order valence-electron chi connectivity index (χ0n) is 11.1. The highest BCUT2D eigenvalue weighted by Crippen LogP contribution is 2.25. The van der Waals surface area contributed by atoms with Crippen LogP contribution in [0.5, 0.6) is 5.88 Å². The number of aromatic nitrogens is 4. The van der Waals surface area contributed by atoms with E-state index in [2.05, 4.69) is 20.3 Å². The van der Waals surface area contributed by atoms with E-state index in [-0.39, 0.29) is 0 Å². The van der Waals surface area contributed by atoms with E-state index >= 15 is 0 Å². The van der Waals surface area contributed by atoms with Crippen LogP contribution in [0.15, 0.2) is 18.7 Å². The number of methoxy groups -OCH3 is 1. The van der Waals surface area contributed by atoms with Crippen LogP contribution < -0.4 is 15.8 Å². The van der Waals surface area contributed by atoms with Crippen LogP contribution in [0.3, 0.4) is 0 Å². The molecule has 102 valence electrons. The highest BCUT2D eigenvalue weighted by Gasteiger charge is 2.09. The monoisotopic (exact) mass is 262 g/mol. The van der Waals surface area contributed by atoms with Crippen LogP contribution in [0.4, 0.5) is 11.5 Å². The van der Waals surface area contributed by atoms with E-state index in [0.717, 1.165) is 19.5 Å². The van der Waals surface area contributed by atoms with Crippen LogP contribution in [0.25, 0.3) is 0 Å². The first-order valence-electron chi connectivity index (χ1n) is 6.08. The van der Waals surface area contributed by atoms with Crippen LogP contribution in [0.2, 0.25) is 0 Å². The summed E-state index contributed by atoms with van der Waals surface area (Å²) in [6.07, 6.45) is 6.45. The molecule has 0 bridgehead atoms. The molecule has 7 nitrogen and oxygen atoms in total. The van der Waals surface area contributed by atoms with Crippen LogP contribution in [0, 0.1) is 6.92 Å². The Morgan fingerprint density at radius 3 is 2.95 bits per heavy atom. The lowest BCUT2D eigenvalue weighted by atomic mass is 10.4. The number of nitrogen functional groups attached to an aromatic ring is 1. The van der Waals surface area contributed by atoms with E-state index in [1.165, 1.54) is 0 Å². The third-order valence-electron chi connectivity index (χ3n) is 2.66. The summed E-state index contributed by atoms with van der Waals surface area (Å²) < 4.78 is 7.13. The molecule has 0 aliphatic rings. The molecular weight excluding hydrogens is 244 g/mol. The molecule has 0 spiro atoms. The Balaban J connectivity index is 1.90. The van der Waals surface area contributed by atoms with Gasteiger partial charge in [-0.25, -0.2) is 9.97 Å². The Kier molecular flexibility index (Phi) is 4.17. The topological polar surface area (TPSA) is 90.9 Å². The summed E-state index contributed by atoms with van der Waals surface area (Å²) in [6, 6.07) is 0. The SMILES string of the molecule is COc1nc(C)nc(NCCCn2ccnc2)c1N. The fraction of sp³-hybridized carbons (Fsp3) is 0.417. The van der Waals surface area contributed by atoms with Crippen molar-refractivity contribution in [2.45, 2.75) is 19.9 Å². The smallest absolute Gasteiger partial charge is 0.242 e. The summed E-state index contributed by atoms with van der Waals surface area (Å²) in [6.45, 7) is 3.47. The number of imidazole rings is 1. The van der Waals surface area contributed by atoms with E-state index in [0.29, 0.717) is 23.2 Å². The lowest BCUT2D eigenvalue weighted by Gasteiger charge is -2.11. The van der Waals surface area contributed by atoms with Gasteiger partial charge >= 0.3 is 0 Å². The molecule has 0 radical (unpaired) electrons. The maximum absolute atomic E-state index is 5.91. The first-order chi connectivity index (χ1) is 9.20. The summed E-state index contributed by atoms with van der Waals surface area (Å²) in [5.41, 5.74) is 6.35. The van der Waals surface area contributed by atoms with Crippen molar-refractivity contribution in [3.63, 3.8) is 0 Å². The van der Waals surface area contributed by atoms with Crippen LogP contribution in [-0.4, -0.2) is 33.2 Å². The predicted molar refractivity (Wildman–Crippen MR) is 73.1 cm³/mol. The Labute approximate surface area is 111 Å². The molecule has 0 saturated carbocycles. The fourth-order valence-corrected chi connectivity index (χ4v) is 1.73. The van der Waals surface area contributed by atoms with E-state index in [1.54, 1.807) is 26.6 Å². The van der Waals surface area contributed by atoms with Crippen LogP contribution in [0.1, 0.15) is 12.2 Å². The number of ether oxygens (including phenoxy) is 1. The van der Waals surface area contributed by atoms with Gasteiger partial charge in [0.25, 0.3) is 0 Å². The maximum atomic E-state index is 5.91. The highest BCUT2D eigenvalue weighted by atomic mass is 16.5.